The zero-order valence-corrected chi connectivity index (χ0v) is 9.53. The molecule has 0 rings (SSSR count). The Morgan fingerprint density at radius 3 is 1.09 bits per heavy atom. The minimum atomic E-state index is 0. The van der Waals surface area contributed by atoms with Gasteiger partial charge in [0.25, 0.3) is 0 Å². The first-order valence-electron chi connectivity index (χ1n) is 4.91. The molecule has 0 spiro atoms. The molecule has 0 fully saturated rings. The molecule has 0 aromatic heterocycles. The topological polar surface area (TPSA) is 0 Å². The molecule has 0 saturated carbocycles. The smallest absolute Gasteiger partial charge is 0 e. The Kier molecular flexibility index (Phi) is 17.1. The molecule has 0 nitrogen and oxygen atoms in total. The van der Waals surface area contributed by atoms with Gasteiger partial charge < -0.3 is 0 Å². The molecule has 0 atom stereocenters. The van der Waals surface area contributed by atoms with Crippen LogP contribution in [0.1, 0.15) is 65.2 Å². The molecule has 0 aliphatic carbocycles. The minimum absolute atomic E-state index is 0. The molecule has 0 unspecified atom stereocenters. The van der Waals surface area contributed by atoms with Crippen LogP contribution >= 0.6 is 0 Å². The summed E-state index contributed by atoms with van der Waals surface area (Å²) in [6, 6.07) is 0. The van der Waals surface area contributed by atoms with Crippen molar-refractivity contribution >= 4 is 0 Å². The molecule has 0 saturated heterocycles. The Hall–Kier alpha value is 0.662. The van der Waals surface area contributed by atoms with Crippen molar-refractivity contribution in [3.63, 3.8) is 0 Å². The summed E-state index contributed by atoms with van der Waals surface area (Å²) in [6.07, 6.45) is 11.5. The van der Waals surface area contributed by atoms with E-state index in [9.17, 15) is 0 Å². The van der Waals surface area contributed by atoms with Gasteiger partial charge in [-0.25, -0.2) is 0 Å². The average molecular weight is 249 g/mol. The fourth-order valence-corrected chi connectivity index (χ4v) is 1.21. The maximum atomic E-state index is 2.27. The zero-order chi connectivity index (χ0) is 7.66. The van der Waals surface area contributed by atoms with Gasteiger partial charge in [0.1, 0.15) is 0 Å². The normalized spacial score (nSPS) is 9.27. The zero-order valence-electron chi connectivity index (χ0n) is 7.97. The summed E-state index contributed by atoms with van der Waals surface area (Å²) in [5, 5.41) is 0. The molecule has 0 radical (unpaired) electrons. The molecule has 1 heteroatoms. The second kappa shape index (κ2) is 13.3. The maximum Gasteiger partial charge on any atom is 0 e. The predicted octanol–water partition coefficient (Wildman–Crippen LogP) is 4.14. The van der Waals surface area contributed by atoms with Crippen molar-refractivity contribution in [1.29, 1.82) is 0 Å². The summed E-state index contributed by atoms with van der Waals surface area (Å²) in [5.41, 5.74) is 0. The number of rotatable bonds is 7. The van der Waals surface area contributed by atoms with Crippen LogP contribution in [-0.4, -0.2) is 0 Å². The Bertz CT molecular complexity index is 44.8. The summed E-state index contributed by atoms with van der Waals surface area (Å²) in [6.45, 7) is 4.54. The molecule has 0 aliphatic heterocycles. The predicted molar refractivity (Wildman–Crippen MR) is 48.3 cm³/mol. The molecule has 11 heavy (non-hydrogen) atoms. The van der Waals surface area contributed by atoms with E-state index >= 15 is 0 Å². The van der Waals surface area contributed by atoms with Crippen molar-refractivity contribution in [3.05, 3.63) is 0 Å². The second-order valence-electron chi connectivity index (χ2n) is 3.12. The quantitative estimate of drug-likeness (QED) is 0.469. The monoisotopic (exact) mass is 248 g/mol. The Morgan fingerprint density at radius 2 is 0.818 bits per heavy atom. The molecule has 0 aromatic carbocycles. The van der Waals surface area contributed by atoms with E-state index in [0.29, 0.717) is 0 Å². The first kappa shape index (κ1) is 14.2. The molecule has 0 amide bonds. The SMILES string of the molecule is CCCCCCCCCC.[Pd]. The van der Waals surface area contributed by atoms with E-state index in [2.05, 4.69) is 13.8 Å². The van der Waals surface area contributed by atoms with Crippen molar-refractivity contribution in [3.8, 4) is 0 Å². The van der Waals surface area contributed by atoms with Gasteiger partial charge in [-0.2, -0.15) is 0 Å². The van der Waals surface area contributed by atoms with Crippen LogP contribution in [0, 0.1) is 0 Å². The van der Waals surface area contributed by atoms with E-state index in [1.807, 2.05) is 0 Å². The van der Waals surface area contributed by atoms with Gasteiger partial charge in [0.15, 0.2) is 0 Å². The summed E-state index contributed by atoms with van der Waals surface area (Å²) in [4.78, 5) is 0. The molecular weight excluding hydrogens is 227 g/mol. The maximum absolute atomic E-state index is 2.27. The third-order valence-electron chi connectivity index (χ3n) is 1.96. The van der Waals surface area contributed by atoms with Gasteiger partial charge in [-0.15, -0.1) is 0 Å². The summed E-state index contributed by atoms with van der Waals surface area (Å²) < 4.78 is 0. The van der Waals surface area contributed by atoms with Crippen molar-refractivity contribution in [2.24, 2.45) is 0 Å². The first-order chi connectivity index (χ1) is 4.91. The molecular formula is C10H22Pd. The van der Waals surface area contributed by atoms with Crippen molar-refractivity contribution in [2.45, 2.75) is 65.2 Å². The van der Waals surface area contributed by atoms with Gasteiger partial charge in [0, 0.05) is 20.4 Å². The van der Waals surface area contributed by atoms with Crippen molar-refractivity contribution in [2.75, 3.05) is 0 Å². The first-order valence-corrected chi connectivity index (χ1v) is 4.91. The van der Waals surface area contributed by atoms with Crippen LogP contribution in [0.5, 0.6) is 0 Å². The van der Waals surface area contributed by atoms with Gasteiger partial charge in [-0.05, 0) is 0 Å². The molecule has 0 N–H and O–H groups in total. The van der Waals surface area contributed by atoms with Gasteiger partial charge in [0.2, 0.25) is 0 Å². The van der Waals surface area contributed by atoms with Crippen LogP contribution in [0.25, 0.3) is 0 Å². The Labute approximate surface area is 85.8 Å². The average Bonchev–Trinajstić information content (AvgIpc) is 1.97. The van der Waals surface area contributed by atoms with E-state index in [-0.39, 0.29) is 20.4 Å². The van der Waals surface area contributed by atoms with Crippen molar-refractivity contribution < 1.29 is 20.4 Å². The molecule has 72 valence electrons. The Balaban J connectivity index is 0. The van der Waals surface area contributed by atoms with Crippen LogP contribution in [0.4, 0.5) is 0 Å². The van der Waals surface area contributed by atoms with Gasteiger partial charge >= 0.3 is 0 Å². The van der Waals surface area contributed by atoms with E-state index in [4.69, 9.17) is 0 Å². The van der Waals surface area contributed by atoms with Crippen LogP contribution < -0.4 is 0 Å². The van der Waals surface area contributed by atoms with E-state index in [0.717, 1.165) is 0 Å². The molecule has 0 aromatic rings. The standard InChI is InChI=1S/C10H22.Pd/c1-3-5-7-9-10-8-6-4-2;/h3-10H2,1-2H3;. The Morgan fingerprint density at radius 1 is 0.545 bits per heavy atom. The van der Waals surface area contributed by atoms with Gasteiger partial charge in [-0.3, -0.25) is 0 Å². The van der Waals surface area contributed by atoms with Gasteiger partial charge in [-0.1, -0.05) is 65.2 Å². The summed E-state index contributed by atoms with van der Waals surface area (Å²) >= 11 is 0. The number of unbranched alkanes of at least 4 members (excludes halogenated alkanes) is 7. The van der Waals surface area contributed by atoms with Crippen LogP contribution in [0.15, 0.2) is 0 Å². The number of hydrogen-bond donors (Lipinski definition) is 0. The second-order valence-corrected chi connectivity index (χ2v) is 3.12. The summed E-state index contributed by atoms with van der Waals surface area (Å²) in [5.74, 6) is 0. The third-order valence-corrected chi connectivity index (χ3v) is 1.96. The third kappa shape index (κ3) is 13.6. The van der Waals surface area contributed by atoms with E-state index in [1.165, 1.54) is 51.4 Å². The van der Waals surface area contributed by atoms with E-state index < -0.39 is 0 Å². The van der Waals surface area contributed by atoms with Crippen LogP contribution in [0.2, 0.25) is 0 Å². The largest absolute Gasteiger partial charge is 0.0654 e. The summed E-state index contributed by atoms with van der Waals surface area (Å²) in [7, 11) is 0. The fourth-order valence-electron chi connectivity index (χ4n) is 1.21. The van der Waals surface area contributed by atoms with Gasteiger partial charge in [0.05, 0.1) is 0 Å². The fraction of sp³-hybridized carbons (Fsp3) is 1.00. The van der Waals surface area contributed by atoms with Crippen LogP contribution in [0.3, 0.4) is 0 Å². The van der Waals surface area contributed by atoms with E-state index in [1.54, 1.807) is 0 Å². The van der Waals surface area contributed by atoms with Crippen LogP contribution in [-0.2, 0) is 20.4 Å². The number of hydrogen-bond acceptors (Lipinski definition) is 0. The van der Waals surface area contributed by atoms with Crippen molar-refractivity contribution in [1.82, 2.24) is 0 Å². The molecule has 0 bridgehead atoms. The molecule has 0 aliphatic rings. The molecule has 0 heterocycles. The minimum Gasteiger partial charge on any atom is -0.0654 e.